The molecule has 2 aromatic heterocycles. The van der Waals surface area contributed by atoms with Crippen LogP contribution < -0.4 is 4.90 Å². The number of hydrogen-bond acceptors (Lipinski definition) is 6. The zero-order valence-corrected chi connectivity index (χ0v) is 18.6. The number of likely N-dealkylation sites (tertiary alicyclic amines) is 1. The summed E-state index contributed by atoms with van der Waals surface area (Å²) in [6, 6.07) is 7.86. The first-order chi connectivity index (χ1) is 16.0. The van der Waals surface area contributed by atoms with Crippen LogP contribution in [-0.4, -0.2) is 56.5 Å². The second kappa shape index (κ2) is 7.58. The SMILES string of the molecule is Cc1ccc(-n2nccn2)c(C(=O)N2C[C@@H]3CCN(c4nc5ccc(F)cc5s4)C[C@H]32)c1F. The highest BCUT2D eigenvalue weighted by atomic mass is 32.1. The highest BCUT2D eigenvalue weighted by molar-refractivity contribution is 7.22. The zero-order chi connectivity index (χ0) is 22.7. The predicted molar refractivity (Wildman–Crippen MR) is 121 cm³/mol. The molecule has 33 heavy (non-hydrogen) atoms. The Kier molecular flexibility index (Phi) is 4.65. The third-order valence-electron chi connectivity index (χ3n) is 6.58. The van der Waals surface area contributed by atoms with Gasteiger partial charge in [-0.25, -0.2) is 13.8 Å². The zero-order valence-electron chi connectivity index (χ0n) is 17.8. The van der Waals surface area contributed by atoms with E-state index >= 15 is 4.39 Å². The molecule has 0 unspecified atom stereocenters. The van der Waals surface area contributed by atoms with Crippen molar-refractivity contribution in [3.63, 3.8) is 0 Å². The predicted octanol–water partition coefficient (Wildman–Crippen LogP) is 3.81. The number of anilines is 1. The van der Waals surface area contributed by atoms with Crippen molar-refractivity contribution in [2.24, 2.45) is 5.92 Å². The van der Waals surface area contributed by atoms with Gasteiger partial charge in [0.25, 0.3) is 5.91 Å². The number of carbonyl (C=O) groups excluding carboxylic acids is 1. The van der Waals surface area contributed by atoms with Gasteiger partial charge in [0.15, 0.2) is 5.13 Å². The van der Waals surface area contributed by atoms with Crippen molar-refractivity contribution in [3.8, 4) is 5.69 Å². The first kappa shape index (κ1) is 20.2. The molecule has 2 saturated heterocycles. The van der Waals surface area contributed by atoms with Crippen LogP contribution in [0.1, 0.15) is 22.3 Å². The molecule has 0 radical (unpaired) electrons. The number of aryl methyl sites for hydroxylation is 1. The molecule has 4 aromatic rings. The van der Waals surface area contributed by atoms with Crippen LogP contribution in [0.15, 0.2) is 42.7 Å². The van der Waals surface area contributed by atoms with Crippen molar-refractivity contribution in [1.29, 1.82) is 0 Å². The molecule has 2 aliphatic rings. The lowest BCUT2D eigenvalue weighted by atomic mass is 9.81. The van der Waals surface area contributed by atoms with Gasteiger partial charge < -0.3 is 9.80 Å². The van der Waals surface area contributed by atoms with Gasteiger partial charge in [-0.2, -0.15) is 15.0 Å². The lowest BCUT2D eigenvalue weighted by molar-refractivity contribution is 0.00750. The first-order valence-corrected chi connectivity index (χ1v) is 11.6. The number of carbonyl (C=O) groups is 1. The molecule has 0 bridgehead atoms. The minimum absolute atomic E-state index is 0.00256. The van der Waals surface area contributed by atoms with Gasteiger partial charge in [-0.15, -0.1) is 0 Å². The van der Waals surface area contributed by atoms with Crippen LogP contribution in [0.4, 0.5) is 13.9 Å². The molecule has 168 valence electrons. The minimum atomic E-state index is -0.542. The Hall–Kier alpha value is -3.40. The van der Waals surface area contributed by atoms with E-state index in [1.54, 1.807) is 30.0 Å². The van der Waals surface area contributed by atoms with Gasteiger partial charge in [-0.3, -0.25) is 4.79 Å². The Morgan fingerprint density at radius 2 is 1.94 bits per heavy atom. The number of nitrogens with zero attached hydrogens (tertiary/aromatic N) is 6. The monoisotopic (exact) mass is 466 g/mol. The number of hydrogen-bond donors (Lipinski definition) is 0. The molecule has 0 N–H and O–H groups in total. The number of halogens is 2. The summed E-state index contributed by atoms with van der Waals surface area (Å²) in [5.41, 5.74) is 1.49. The van der Waals surface area contributed by atoms with Gasteiger partial charge in [0.2, 0.25) is 0 Å². The molecule has 2 fully saturated rings. The number of rotatable bonds is 3. The number of benzene rings is 2. The van der Waals surface area contributed by atoms with Gasteiger partial charge in [-0.05, 0) is 43.2 Å². The summed E-state index contributed by atoms with van der Waals surface area (Å²) in [6.45, 7) is 3.68. The number of fused-ring (bicyclic) bond motifs is 2. The summed E-state index contributed by atoms with van der Waals surface area (Å²) in [7, 11) is 0. The number of piperidine rings is 1. The highest BCUT2D eigenvalue weighted by Crippen LogP contribution is 2.38. The number of aromatic nitrogens is 4. The van der Waals surface area contributed by atoms with Crippen molar-refractivity contribution < 1.29 is 13.6 Å². The topological polar surface area (TPSA) is 67.2 Å². The maximum atomic E-state index is 15.2. The Labute approximate surface area is 192 Å². The Balaban J connectivity index is 1.29. The fourth-order valence-electron chi connectivity index (χ4n) is 4.75. The van der Waals surface area contributed by atoms with Gasteiger partial charge in [-0.1, -0.05) is 17.4 Å². The molecule has 4 heterocycles. The summed E-state index contributed by atoms with van der Waals surface area (Å²) in [6.07, 6.45) is 3.91. The summed E-state index contributed by atoms with van der Waals surface area (Å²) in [5, 5.41) is 9.00. The lowest BCUT2D eigenvalue weighted by Gasteiger charge is -2.53. The first-order valence-electron chi connectivity index (χ1n) is 10.8. The molecule has 6 rings (SSSR count). The smallest absolute Gasteiger partial charge is 0.259 e. The van der Waals surface area contributed by atoms with Crippen LogP contribution in [0, 0.1) is 24.5 Å². The average molecular weight is 467 g/mol. The summed E-state index contributed by atoms with van der Waals surface area (Å²) in [5.74, 6) is -0.803. The molecular weight excluding hydrogens is 446 g/mol. The Bertz CT molecular complexity index is 1370. The van der Waals surface area contributed by atoms with E-state index in [4.69, 9.17) is 0 Å². The number of amides is 1. The molecule has 2 aromatic carbocycles. The average Bonchev–Trinajstić information content (AvgIpc) is 3.46. The summed E-state index contributed by atoms with van der Waals surface area (Å²) < 4.78 is 29.6. The van der Waals surface area contributed by atoms with E-state index in [9.17, 15) is 9.18 Å². The normalized spacial score (nSPS) is 20.1. The molecular formula is C23H20F2N6OS. The maximum Gasteiger partial charge on any atom is 0.259 e. The molecule has 2 atom stereocenters. The third kappa shape index (κ3) is 3.28. The van der Waals surface area contributed by atoms with E-state index in [-0.39, 0.29) is 23.3 Å². The second-order valence-electron chi connectivity index (χ2n) is 8.54. The molecule has 10 heteroatoms. The number of thiazole rings is 1. The van der Waals surface area contributed by atoms with Gasteiger partial charge in [0.05, 0.1) is 28.7 Å². The second-order valence-corrected chi connectivity index (χ2v) is 9.55. The molecule has 0 saturated carbocycles. The Morgan fingerprint density at radius 3 is 2.76 bits per heavy atom. The van der Waals surface area contributed by atoms with E-state index < -0.39 is 5.82 Å². The minimum Gasteiger partial charge on any atom is -0.346 e. The lowest BCUT2D eigenvalue weighted by Crippen LogP contribution is -2.66. The van der Waals surface area contributed by atoms with Gasteiger partial charge in [0.1, 0.15) is 22.9 Å². The molecule has 7 nitrogen and oxygen atoms in total. The van der Waals surface area contributed by atoms with Crippen LogP contribution in [-0.2, 0) is 0 Å². The fraction of sp³-hybridized carbons (Fsp3) is 0.304. The van der Waals surface area contributed by atoms with E-state index in [0.29, 0.717) is 30.3 Å². The highest BCUT2D eigenvalue weighted by Gasteiger charge is 2.46. The quantitative estimate of drug-likeness (QED) is 0.459. The third-order valence-corrected chi connectivity index (χ3v) is 7.66. The van der Waals surface area contributed by atoms with Crippen LogP contribution in [0.5, 0.6) is 0 Å². The van der Waals surface area contributed by atoms with Crippen molar-refractivity contribution >= 4 is 32.6 Å². The van der Waals surface area contributed by atoms with E-state index in [1.165, 1.54) is 40.7 Å². The molecule has 1 amide bonds. The largest absolute Gasteiger partial charge is 0.346 e. The molecule has 0 spiro atoms. The van der Waals surface area contributed by atoms with Crippen LogP contribution in [0.3, 0.4) is 0 Å². The maximum absolute atomic E-state index is 15.2. The van der Waals surface area contributed by atoms with Crippen molar-refractivity contribution in [3.05, 3.63) is 65.5 Å². The van der Waals surface area contributed by atoms with Crippen molar-refractivity contribution in [1.82, 2.24) is 24.9 Å². The summed E-state index contributed by atoms with van der Waals surface area (Å²) >= 11 is 1.45. The van der Waals surface area contributed by atoms with Crippen LogP contribution >= 0.6 is 11.3 Å². The molecule has 0 aliphatic carbocycles. The van der Waals surface area contributed by atoms with E-state index in [2.05, 4.69) is 20.1 Å². The van der Waals surface area contributed by atoms with Gasteiger partial charge in [0, 0.05) is 25.6 Å². The Morgan fingerprint density at radius 1 is 1.12 bits per heavy atom. The van der Waals surface area contributed by atoms with Crippen molar-refractivity contribution in [2.75, 3.05) is 24.5 Å². The van der Waals surface area contributed by atoms with Crippen LogP contribution in [0.25, 0.3) is 15.9 Å². The summed E-state index contributed by atoms with van der Waals surface area (Å²) in [4.78, 5) is 23.4. The van der Waals surface area contributed by atoms with Crippen molar-refractivity contribution in [2.45, 2.75) is 19.4 Å². The van der Waals surface area contributed by atoms with Crippen LogP contribution in [0.2, 0.25) is 0 Å². The molecule has 2 aliphatic heterocycles. The standard InChI is InChI=1S/C23H20F2N6OS/c1-13-2-5-17(31-26-7-8-27-31)20(21(13)25)22(32)30-11-14-6-9-29(12-18(14)30)23-28-16-4-3-15(24)10-19(16)33-23/h2-5,7-8,10,14,18H,6,9,11-12H2,1H3/t14-,18+/m0/s1. The fourth-order valence-corrected chi connectivity index (χ4v) is 5.77. The van der Waals surface area contributed by atoms with Gasteiger partial charge >= 0.3 is 0 Å². The van der Waals surface area contributed by atoms with E-state index in [1.807, 2.05) is 0 Å². The van der Waals surface area contributed by atoms with E-state index in [0.717, 1.165) is 28.3 Å².